The highest BCUT2D eigenvalue weighted by Crippen LogP contribution is 2.23. The van der Waals surface area contributed by atoms with Crippen molar-refractivity contribution in [3.8, 4) is 11.3 Å². The Hall–Kier alpha value is -4.50. The number of H-pyrrole nitrogens is 1. The summed E-state index contributed by atoms with van der Waals surface area (Å²) in [6, 6.07) is 22.3. The number of aryl methyl sites for hydroxylation is 1. The number of carbonyl (C=O) groups excluding carboxylic acids is 1. The lowest BCUT2D eigenvalue weighted by Crippen LogP contribution is -2.42. The number of carbonyl (C=O) groups is 1. The molecule has 0 aliphatic carbocycles. The van der Waals surface area contributed by atoms with Crippen LogP contribution in [0.5, 0.6) is 0 Å². The molecule has 3 N–H and O–H groups in total. The van der Waals surface area contributed by atoms with E-state index in [9.17, 15) is 14.4 Å². The fourth-order valence-electron chi connectivity index (χ4n) is 3.96. The number of anilines is 2. The zero-order valence-electron chi connectivity index (χ0n) is 20.1. The Kier molecular flexibility index (Phi) is 7.41. The molecule has 36 heavy (non-hydrogen) atoms. The summed E-state index contributed by atoms with van der Waals surface area (Å²) in [6.45, 7) is 2.06. The van der Waals surface area contributed by atoms with Gasteiger partial charge < -0.3 is 10.5 Å². The van der Waals surface area contributed by atoms with Gasteiger partial charge in [-0.15, -0.1) is 0 Å². The number of benzene rings is 2. The van der Waals surface area contributed by atoms with Crippen LogP contribution in [-0.2, 0) is 11.3 Å². The average Bonchev–Trinajstić information content (AvgIpc) is 2.89. The molecule has 0 spiro atoms. The molecule has 9 nitrogen and oxygen atoms in total. The SMILES string of the molecule is COCCN(C(=O)c1ccc(-c2ccccc2)nc1C)c1c(N)n(Cc2ccccc2)c(=O)[nH]c1=O. The molecule has 0 saturated carbocycles. The van der Waals surface area contributed by atoms with E-state index < -0.39 is 17.2 Å². The fraction of sp³-hybridized carbons (Fsp3) is 0.185. The molecule has 0 fully saturated rings. The number of ether oxygens (including phenoxy) is 1. The molecule has 0 radical (unpaired) electrons. The van der Waals surface area contributed by atoms with E-state index in [0.29, 0.717) is 11.3 Å². The highest BCUT2D eigenvalue weighted by molar-refractivity contribution is 6.08. The quantitative estimate of drug-likeness (QED) is 0.396. The van der Waals surface area contributed by atoms with Crippen molar-refractivity contribution in [1.29, 1.82) is 0 Å². The Morgan fingerprint density at radius 2 is 1.69 bits per heavy atom. The molecule has 9 heteroatoms. The van der Waals surface area contributed by atoms with Crippen LogP contribution in [0.25, 0.3) is 11.3 Å². The third-order valence-electron chi connectivity index (χ3n) is 5.82. The highest BCUT2D eigenvalue weighted by atomic mass is 16.5. The number of nitrogen functional groups attached to an aromatic ring is 1. The maximum absolute atomic E-state index is 13.7. The maximum Gasteiger partial charge on any atom is 0.330 e. The standard InChI is InChI=1S/C27H27N5O4/c1-18-21(13-14-22(29-18)20-11-7-4-8-12-20)26(34)31(15-16-36-2)23-24(28)32(27(35)30-25(23)33)17-19-9-5-3-6-10-19/h3-14H,15-17,28H2,1-2H3,(H,30,33,35). The van der Waals surface area contributed by atoms with Crippen molar-refractivity contribution in [3.63, 3.8) is 0 Å². The molecule has 2 heterocycles. The van der Waals surface area contributed by atoms with E-state index in [0.717, 1.165) is 16.8 Å². The normalized spacial score (nSPS) is 10.8. The number of aromatic amines is 1. The Bertz CT molecular complexity index is 1480. The van der Waals surface area contributed by atoms with Crippen molar-refractivity contribution in [2.45, 2.75) is 13.5 Å². The van der Waals surface area contributed by atoms with E-state index in [-0.39, 0.29) is 31.2 Å². The Morgan fingerprint density at radius 1 is 1.03 bits per heavy atom. The molecule has 4 rings (SSSR count). The number of pyridine rings is 1. The van der Waals surface area contributed by atoms with Crippen molar-refractivity contribution >= 4 is 17.4 Å². The maximum atomic E-state index is 13.7. The Morgan fingerprint density at radius 3 is 2.33 bits per heavy atom. The summed E-state index contributed by atoms with van der Waals surface area (Å²) in [5.41, 5.74) is 8.10. The summed E-state index contributed by atoms with van der Waals surface area (Å²) in [5.74, 6) is -0.581. The summed E-state index contributed by atoms with van der Waals surface area (Å²) < 4.78 is 6.42. The van der Waals surface area contributed by atoms with E-state index in [1.54, 1.807) is 19.1 Å². The topological polar surface area (TPSA) is 123 Å². The van der Waals surface area contributed by atoms with Gasteiger partial charge >= 0.3 is 5.69 Å². The van der Waals surface area contributed by atoms with Crippen LogP contribution < -0.4 is 21.9 Å². The first-order chi connectivity index (χ1) is 17.4. The van der Waals surface area contributed by atoms with Crippen LogP contribution in [0.1, 0.15) is 21.6 Å². The van der Waals surface area contributed by atoms with Gasteiger partial charge in [0.25, 0.3) is 11.5 Å². The summed E-state index contributed by atoms with van der Waals surface area (Å²) in [5, 5.41) is 0. The third-order valence-corrected chi connectivity index (χ3v) is 5.82. The summed E-state index contributed by atoms with van der Waals surface area (Å²) in [4.78, 5) is 47.4. The molecule has 0 atom stereocenters. The van der Waals surface area contributed by atoms with Gasteiger partial charge in [-0.05, 0) is 24.6 Å². The molecule has 4 aromatic rings. The van der Waals surface area contributed by atoms with E-state index in [1.165, 1.54) is 16.6 Å². The molecule has 0 saturated heterocycles. The van der Waals surface area contributed by atoms with Gasteiger partial charge in [-0.1, -0.05) is 60.7 Å². The number of nitrogens with one attached hydrogen (secondary N) is 1. The van der Waals surface area contributed by atoms with Crippen molar-refractivity contribution in [2.24, 2.45) is 0 Å². The number of hydrogen-bond acceptors (Lipinski definition) is 6. The predicted octanol–water partition coefficient (Wildman–Crippen LogP) is 2.83. The smallest absolute Gasteiger partial charge is 0.330 e. The minimum atomic E-state index is -0.752. The predicted molar refractivity (Wildman–Crippen MR) is 139 cm³/mol. The van der Waals surface area contributed by atoms with Crippen LogP contribution >= 0.6 is 0 Å². The van der Waals surface area contributed by atoms with E-state index in [2.05, 4.69) is 9.97 Å². The van der Waals surface area contributed by atoms with Crippen LogP contribution in [0.2, 0.25) is 0 Å². The Labute approximate surface area is 207 Å². The summed E-state index contributed by atoms with van der Waals surface area (Å²) in [6.07, 6.45) is 0. The Balaban J connectivity index is 1.77. The van der Waals surface area contributed by atoms with Crippen molar-refractivity contribution < 1.29 is 9.53 Å². The zero-order valence-corrected chi connectivity index (χ0v) is 20.1. The minimum Gasteiger partial charge on any atom is -0.383 e. The van der Waals surface area contributed by atoms with Crippen LogP contribution in [0, 0.1) is 6.92 Å². The lowest BCUT2D eigenvalue weighted by Gasteiger charge is -2.25. The fourth-order valence-corrected chi connectivity index (χ4v) is 3.96. The molecule has 2 aromatic carbocycles. The molecule has 2 aromatic heterocycles. The number of hydrogen-bond donors (Lipinski definition) is 2. The number of aromatic nitrogens is 3. The van der Waals surface area contributed by atoms with Gasteiger partial charge in [-0.3, -0.25) is 29.0 Å². The molecule has 0 aliphatic heterocycles. The number of amides is 1. The van der Waals surface area contributed by atoms with Gasteiger partial charge in [0.05, 0.1) is 30.1 Å². The molecular weight excluding hydrogens is 458 g/mol. The van der Waals surface area contributed by atoms with Gasteiger partial charge in [0.15, 0.2) is 5.69 Å². The van der Waals surface area contributed by atoms with Gasteiger partial charge in [0, 0.05) is 19.2 Å². The first-order valence-electron chi connectivity index (χ1n) is 11.4. The second-order valence-electron chi connectivity index (χ2n) is 8.21. The van der Waals surface area contributed by atoms with Crippen molar-refractivity contribution in [1.82, 2.24) is 14.5 Å². The second kappa shape index (κ2) is 10.8. The van der Waals surface area contributed by atoms with Crippen LogP contribution in [-0.4, -0.2) is 40.7 Å². The monoisotopic (exact) mass is 485 g/mol. The van der Waals surface area contributed by atoms with Gasteiger partial charge in [-0.2, -0.15) is 0 Å². The number of nitrogens with two attached hydrogens (primary N) is 1. The molecule has 0 unspecified atom stereocenters. The minimum absolute atomic E-state index is 0.0476. The lowest BCUT2D eigenvalue weighted by atomic mass is 10.1. The molecule has 184 valence electrons. The lowest BCUT2D eigenvalue weighted by molar-refractivity contribution is 0.0974. The van der Waals surface area contributed by atoms with Gasteiger partial charge in [0.2, 0.25) is 0 Å². The summed E-state index contributed by atoms with van der Waals surface area (Å²) in [7, 11) is 1.49. The molecule has 0 aliphatic rings. The second-order valence-corrected chi connectivity index (χ2v) is 8.21. The van der Waals surface area contributed by atoms with Crippen LogP contribution in [0.4, 0.5) is 11.5 Å². The molecule has 0 bridgehead atoms. The molecule has 1 amide bonds. The first kappa shape index (κ1) is 24.6. The average molecular weight is 486 g/mol. The highest BCUT2D eigenvalue weighted by Gasteiger charge is 2.26. The largest absolute Gasteiger partial charge is 0.383 e. The zero-order chi connectivity index (χ0) is 25.7. The van der Waals surface area contributed by atoms with Crippen molar-refractivity contribution in [2.75, 3.05) is 30.9 Å². The van der Waals surface area contributed by atoms with Crippen molar-refractivity contribution in [3.05, 3.63) is 110 Å². The van der Waals surface area contributed by atoms with E-state index in [4.69, 9.17) is 10.5 Å². The van der Waals surface area contributed by atoms with E-state index in [1.807, 2.05) is 60.7 Å². The number of methoxy groups -OCH3 is 1. The van der Waals surface area contributed by atoms with Gasteiger partial charge in [-0.25, -0.2) is 4.79 Å². The van der Waals surface area contributed by atoms with Crippen LogP contribution in [0.15, 0.2) is 82.4 Å². The third kappa shape index (κ3) is 5.11. The number of nitrogens with zero attached hydrogens (tertiary/aromatic N) is 3. The van der Waals surface area contributed by atoms with E-state index >= 15 is 0 Å². The first-order valence-corrected chi connectivity index (χ1v) is 11.4. The molecular formula is C27H27N5O4. The number of rotatable bonds is 8. The van der Waals surface area contributed by atoms with Crippen LogP contribution in [0.3, 0.4) is 0 Å². The summed E-state index contributed by atoms with van der Waals surface area (Å²) >= 11 is 0. The van der Waals surface area contributed by atoms with Gasteiger partial charge in [0.1, 0.15) is 5.82 Å².